The normalized spacial score (nSPS) is 11.4. The van der Waals surface area contributed by atoms with Gasteiger partial charge in [-0.15, -0.1) is 11.3 Å². The van der Waals surface area contributed by atoms with E-state index in [1.165, 1.54) is 18.3 Å². The highest BCUT2D eigenvalue weighted by Crippen LogP contribution is 2.15. The summed E-state index contributed by atoms with van der Waals surface area (Å²) < 4.78 is 0. The Balaban J connectivity index is 2.88. The molecule has 1 aromatic rings. The molecule has 1 aromatic heterocycles. The van der Waals surface area contributed by atoms with Crippen molar-refractivity contribution in [3.05, 3.63) is 28.0 Å². The third kappa shape index (κ3) is 3.14. The third-order valence-electron chi connectivity index (χ3n) is 1.65. The summed E-state index contributed by atoms with van der Waals surface area (Å²) in [5.41, 5.74) is 0.333. The van der Waals surface area contributed by atoms with Crippen molar-refractivity contribution in [2.45, 2.75) is 13.3 Å². The Morgan fingerprint density at radius 1 is 1.57 bits per heavy atom. The Kier molecular flexibility index (Phi) is 3.59. The van der Waals surface area contributed by atoms with Crippen molar-refractivity contribution in [1.82, 2.24) is 0 Å². The Morgan fingerprint density at radius 3 is 2.71 bits per heavy atom. The van der Waals surface area contributed by atoms with Gasteiger partial charge < -0.3 is 5.11 Å². The van der Waals surface area contributed by atoms with Crippen molar-refractivity contribution in [2.75, 3.05) is 0 Å². The fourth-order valence-corrected chi connectivity index (χ4v) is 1.67. The Morgan fingerprint density at radius 2 is 2.29 bits per heavy atom. The number of thiophene rings is 1. The zero-order chi connectivity index (χ0) is 10.6. The van der Waals surface area contributed by atoms with Crippen molar-refractivity contribution < 1.29 is 14.7 Å². The highest BCUT2D eigenvalue weighted by atomic mass is 32.1. The number of hydrogen-bond donors (Lipinski definition) is 1. The lowest BCUT2D eigenvalue weighted by Gasteiger charge is -1.97. The summed E-state index contributed by atoms with van der Waals surface area (Å²) in [5.74, 6) is -1.18. The molecule has 0 aromatic carbocycles. The van der Waals surface area contributed by atoms with E-state index in [0.717, 1.165) is 4.88 Å². The lowest BCUT2D eigenvalue weighted by Crippen LogP contribution is -2.03. The van der Waals surface area contributed by atoms with Crippen molar-refractivity contribution in [3.8, 4) is 0 Å². The second-order valence-electron chi connectivity index (χ2n) is 2.81. The van der Waals surface area contributed by atoms with Crippen molar-refractivity contribution in [2.24, 2.45) is 0 Å². The van der Waals surface area contributed by atoms with Gasteiger partial charge in [-0.3, -0.25) is 9.59 Å². The fourth-order valence-electron chi connectivity index (χ4n) is 0.985. The number of hydrogen-bond acceptors (Lipinski definition) is 3. The van der Waals surface area contributed by atoms with E-state index >= 15 is 0 Å². The van der Waals surface area contributed by atoms with Crippen LogP contribution in [0.15, 0.2) is 23.1 Å². The van der Waals surface area contributed by atoms with Crippen molar-refractivity contribution >= 4 is 29.2 Å². The van der Waals surface area contributed by atoms with Crippen LogP contribution in [0.4, 0.5) is 0 Å². The minimum atomic E-state index is -0.983. The number of Topliss-reactive ketones (excluding diaryl/α,β-unsaturated/α-hetero) is 1. The molecule has 0 radical (unpaired) electrons. The lowest BCUT2D eigenvalue weighted by atomic mass is 10.1. The molecule has 0 spiro atoms. The summed E-state index contributed by atoms with van der Waals surface area (Å²) >= 11 is 1.47. The summed E-state index contributed by atoms with van der Waals surface area (Å²) in [7, 11) is 0. The molecule has 0 aliphatic heterocycles. The van der Waals surface area contributed by atoms with Crippen LogP contribution in [0, 0.1) is 0 Å². The van der Waals surface area contributed by atoms with Gasteiger partial charge in [-0.25, -0.2) is 0 Å². The molecule has 1 N–H and O–H groups in total. The number of rotatable bonds is 4. The molecule has 0 amide bonds. The summed E-state index contributed by atoms with van der Waals surface area (Å²) in [6.07, 6.45) is 1.41. The first-order chi connectivity index (χ1) is 6.59. The number of carbonyl (C=O) groups excluding carboxylic acids is 1. The van der Waals surface area contributed by atoms with Crippen molar-refractivity contribution in [3.63, 3.8) is 0 Å². The fraction of sp³-hybridized carbons (Fsp3) is 0.200. The van der Waals surface area contributed by atoms with Crippen LogP contribution in [0.3, 0.4) is 0 Å². The Labute approximate surface area is 85.7 Å². The zero-order valence-electron chi connectivity index (χ0n) is 7.69. The molecule has 0 fully saturated rings. The van der Waals surface area contributed by atoms with Gasteiger partial charge in [0.1, 0.15) is 0 Å². The monoisotopic (exact) mass is 210 g/mol. The molecular formula is C10H10O3S. The molecule has 0 saturated heterocycles. The number of carboxylic acids is 1. The van der Waals surface area contributed by atoms with Gasteiger partial charge >= 0.3 is 5.97 Å². The minimum Gasteiger partial charge on any atom is -0.481 e. The lowest BCUT2D eigenvalue weighted by molar-refractivity contribution is -0.136. The highest BCUT2D eigenvalue weighted by Gasteiger charge is 2.08. The first kappa shape index (κ1) is 10.7. The molecule has 0 unspecified atom stereocenters. The van der Waals surface area contributed by atoms with E-state index in [1.54, 1.807) is 6.08 Å². The van der Waals surface area contributed by atoms with Crippen LogP contribution in [0.2, 0.25) is 0 Å². The Hall–Kier alpha value is -1.42. The molecule has 3 nitrogen and oxygen atoms in total. The van der Waals surface area contributed by atoms with Gasteiger partial charge in [0.05, 0.1) is 6.42 Å². The van der Waals surface area contributed by atoms with E-state index in [-0.39, 0.29) is 12.2 Å². The van der Waals surface area contributed by atoms with Gasteiger partial charge in [0.2, 0.25) is 0 Å². The number of aliphatic carboxylic acids is 1. The molecular weight excluding hydrogens is 200 g/mol. The molecule has 1 heterocycles. The SMILES string of the molecule is CC(=O)/C(=C/c1cccs1)CC(=O)O. The number of carbonyl (C=O) groups is 2. The smallest absolute Gasteiger partial charge is 0.307 e. The van der Waals surface area contributed by atoms with E-state index in [4.69, 9.17) is 5.11 Å². The minimum absolute atomic E-state index is 0.194. The molecule has 0 bridgehead atoms. The maximum absolute atomic E-state index is 11.1. The van der Waals surface area contributed by atoms with E-state index in [0.29, 0.717) is 5.57 Å². The first-order valence-electron chi connectivity index (χ1n) is 4.06. The van der Waals surface area contributed by atoms with E-state index in [1.807, 2.05) is 17.5 Å². The van der Waals surface area contributed by atoms with Crippen LogP contribution in [-0.4, -0.2) is 16.9 Å². The standard InChI is InChI=1S/C10H10O3S/c1-7(11)8(6-10(12)13)5-9-3-2-4-14-9/h2-5H,6H2,1H3,(H,12,13)/b8-5+. The molecule has 0 aliphatic carbocycles. The highest BCUT2D eigenvalue weighted by molar-refractivity contribution is 7.10. The Bertz CT molecular complexity index is 363. The topological polar surface area (TPSA) is 54.4 Å². The summed E-state index contributed by atoms with van der Waals surface area (Å²) in [6, 6.07) is 3.70. The van der Waals surface area contributed by atoms with Crippen LogP contribution >= 0.6 is 11.3 Å². The maximum atomic E-state index is 11.1. The largest absolute Gasteiger partial charge is 0.481 e. The van der Waals surface area contributed by atoms with Gasteiger partial charge in [-0.1, -0.05) is 6.07 Å². The summed E-state index contributed by atoms with van der Waals surface area (Å²) in [6.45, 7) is 1.38. The molecule has 0 atom stereocenters. The average molecular weight is 210 g/mol. The van der Waals surface area contributed by atoms with Gasteiger partial charge in [-0.2, -0.15) is 0 Å². The number of carboxylic acid groups (broad SMARTS) is 1. The van der Waals surface area contributed by atoms with Crippen LogP contribution in [0.1, 0.15) is 18.2 Å². The predicted molar refractivity (Wildman–Crippen MR) is 55.2 cm³/mol. The molecule has 74 valence electrons. The number of ketones is 1. The first-order valence-corrected chi connectivity index (χ1v) is 4.94. The van der Waals surface area contributed by atoms with Gasteiger partial charge in [0.25, 0.3) is 0 Å². The summed E-state index contributed by atoms with van der Waals surface area (Å²) in [5, 5.41) is 10.5. The van der Waals surface area contributed by atoms with E-state index in [9.17, 15) is 9.59 Å². The average Bonchev–Trinajstić information content (AvgIpc) is 2.54. The van der Waals surface area contributed by atoms with Crippen LogP contribution in [0.25, 0.3) is 6.08 Å². The second-order valence-corrected chi connectivity index (χ2v) is 3.79. The van der Waals surface area contributed by atoms with Crippen LogP contribution in [-0.2, 0) is 9.59 Å². The third-order valence-corrected chi connectivity index (χ3v) is 2.47. The predicted octanol–water partition coefficient (Wildman–Crippen LogP) is 2.20. The van der Waals surface area contributed by atoms with Crippen LogP contribution in [0.5, 0.6) is 0 Å². The molecule has 1 rings (SSSR count). The van der Waals surface area contributed by atoms with E-state index < -0.39 is 5.97 Å². The molecule has 14 heavy (non-hydrogen) atoms. The second kappa shape index (κ2) is 4.72. The molecule has 0 saturated carbocycles. The molecule has 0 aliphatic rings. The zero-order valence-corrected chi connectivity index (χ0v) is 8.50. The summed E-state index contributed by atoms with van der Waals surface area (Å²) in [4.78, 5) is 22.4. The van der Waals surface area contributed by atoms with Crippen LogP contribution < -0.4 is 0 Å². The van der Waals surface area contributed by atoms with Gasteiger partial charge in [0.15, 0.2) is 5.78 Å². The quantitative estimate of drug-likeness (QED) is 0.775. The van der Waals surface area contributed by atoms with E-state index in [2.05, 4.69) is 0 Å². The maximum Gasteiger partial charge on any atom is 0.307 e. The molecule has 4 heteroatoms. The van der Waals surface area contributed by atoms with Gasteiger partial charge in [-0.05, 0) is 24.4 Å². The van der Waals surface area contributed by atoms with Gasteiger partial charge in [0, 0.05) is 10.5 Å². The van der Waals surface area contributed by atoms with Crippen molar-refractivity contribution in [1.29, 1.82) is 0 Å².